The molecule has 2 aromatic rings. The van der Waals surface area contributed by atoms with Crippen LogP contribution in [0, 0.1) is 0 Å². The topological polar surface area (TPSA) is 75.7 Å². The number of nitrogens with one attached hydrogen (secondary N) is 2. The average Bonchev–Trinajstić information content (AvgIpc) is 2.87. The highest BCUT2D eigenvalue weighted by Crippen LogP contribution is 2.09. The number of aromatic amines is 1. The maximum absolute atomic E-state index is 5.42. The highest BCUT2D eigenvalue weighted by atomic mass is 16.5. The Hall–Kier alpha value is -2.11. The molecule has 0 aromatic carbocycles. The first-order valence-corrected chi connectivity index (χ1v) is 5.56. The van der Waals surface area contributed by atoms with Crippen LogP contribution in [0.15, 0.2) is 24.7 Å². The third-order valence-electron chi connectivity index (χ3n) is 2.05. The summed E-state index contributed by atoms with van der Waals surface area (Å²) in [4.78, 5) is 15.4. The SMILES string of the molecule is CCCOc1ccnc(NCc2ncc[nH]2)n1. The van der Waals surface area contributed by atoms with Gasteiger partial charge in [0, 0.05) is 24.7 Å². The van der Waals surface area contributed by atoms with Gasteiger partial charge in [-0.3, -0.25) is 0 Å². The summed E-state index contributed by atoms with van der Waals surface area (Å²) in [6.45, 7) is 3.27. The van der Waals surface area contributed by atoms with Crippen molar-refractivity contribution >= 4 is 5.95 Å². The van der Waals surface area contributed by atoms with Crippen LogP contribution in [0.1, 0.15) is 19.2 Å². The number of ether oxygens (including phenoxy) is 1. The molecule has 0 radical (unpaired) electrons. The Bertz CT molecular complexity index is 443. The fourth-order valence-corrected chi connectivity index (χ4v) is 1.27. The summed E-state index contributed by atoms with van der Waals surface area (Å²) in [5.41, 5.74) is 0. The van der Waals surface area contributed by atoms with Gasteiger partial charge in [-0.15, -0.1) is 0 Å². The summed E-state index contributed by atoms with van der Waals surface area (Å²) in [5, 5.41) is 3.07. The third kappa shape index (κ3) is 3.44. The molecule has 0 atom stereocenters. The molecule has 2 rings (SSSR count). The van der Waals surface area contributed by atoms with Crippen LogP contribution in [0.5, 0.6) is 5.88 Å². The highest BCUT2D eigenvalue weighted by Gasteiger charge is 2.00. The van der Waals surface area contributed by atoms with Crippen LogP contribution in [0.4, 0.5) is 5.95 Å². The maximum Gasteiger partial charge on any atom is 0.226 e. The van der Waals surface area contributed by atoms with Gasteiger partial charge in [-0.2, -0.15) is 4.98 Å². The molecule has 0 saturated carbocycles. The summed E-state index contributed by atoms with van der Waals surface area (Å²) in [7, 11) is 0. The molecule has 0 aliphatic rings. The van der Waals surface area contributed by atoms with E-state index in [2.05, 4.69) is 32.2 Å². The number of nitrogens with zero attached hydrogens (tertiary/aromatic N) is 3. The fraction of sp³-hybridized carbons (Fsp3) is 0.364. The maximum atomic E-state index is 5.42. The van der Waals surface area contributed by atoms with Gasteiger partial charge in [-0.05, 0) is 6.42 Å². The molecule has 0 aliphatic heterocycles. The lowest BCUT2D eigenvalue weighted by Crippen LogP contribution is -2.06. The predicted octanol–water partition coefficient (Wildman–Crippen LogP) is 1.60. The van der Waals surface area contributed by atoms with E-state index < -0.39 is 0 Å². The molecule has 0 fully saturated rings. The molecule has 17 heavy (non-hydrogen) atoms. The number of H-pyrrole nitrogens is 1. The minimum atomic E-state index is 0.537. The van der Waals surface area contributed by atoms with E-state index in [-0.39, 0.29) is 0 Å². The van der Waals surface area contributed by atoms with Gasteiger partial charge in [0.1, 0.15) is 5.82 Å². The Kier molecular flexibility index (Phi) is 3.90. The van der Waals surface area contributed by atoms with Crippen LogP contribution >= 0.6 is 0 Å². The molecule has 0 bridgehead atoms. The predicted molar refractivity (Wildman–Crippen MR) is 63.7 cm³/mol. The largest absolute Gasteiger partial charge is 0.478 e. The van der Waals surface area contributed by atoms with Gasteiger partial charge < -0.3 is 15.0 Å². The van der Waals surface area contributed by atoms with E-state index in [4.69, 9.17) is 4.74 Å². The molecule has 0 amide bonds. The number of aromatic nitrogens is 4. The Morgan fingerprint density at radius 3 is 3.06 bits per heavy atom. The monoisotopic (exact) mass is 233 g/mol. The lowest BCUT2D eigenvalue weighted by Gasteiger charge is -2.06. The number of rotatable bonds is 6. The van der Waals surface area contributed by atoms with Gasteiger partial charge in [-0.25, -0.2) is 9.97 Å². The van der Waals surface area contributed by atoms with Crippen molar-refractivity contribution in [1.29, 1.82) is 0 Å². The molecule has 6 nitrogen and oxygen atoms in total. The van der Waals surface area contributed by atoms with Crippen molar-refractivity contribution in [3.05, 3.63) is 30.5 Å². The molecule has 2 N–H and O–H groups in total. The van der Waals surface area contributed by atoms with Crippen molar-refractivity contribution in [2.45, 2.75) is 19.9 Å². The van der Waals surface area contributed by atoms with E-state index in [9.17, 15) is 0 Å². The Morgan fingerprint density at radius 2 is 2.29 bits per heavy atom. The number of hydrogen-bond acceptors (Lipinski definition) is 5. The zero-order valence-electron chi connectivity index (χ0n) is 9.68. The van der Waals surface area contributed by atoms with Crippen LogP contribution in [0.2, 0.25) is 0 Å². The Balaban J connectivity index is 1.91. The second-order valence-electron chi connectivity index (χ2n) is 3.46. The van der Waals surface area contributed by atoms with Gasteiger partial charge in [0.25, 0.3) is 0 Å². The lowest BCUT2D eigenvalue weighted by atomic mass is 10.5. The number of imidazole rings is 1. The van der Waals surface area contributed by atoms with Crippen LogP contribution in [0.25, 0.3) is 0 Å². The first kappa shape index (κ1) is 11.4. The molecular weight excluding hydrogens is 218 g/mol. The van der Waals surface area contributed by atoms with Crippen molar-refractivity contribution in [2.75, 3.05) is 11.9 Å². The normalized spacial score (nSPS) is 10.2. The zero-order chi connectivity index (χ0) is 11.9. The molecule has 90 valence electrons. The van der Waals surface area contributed by atoms with Crippen LogP contribution in [0.3, 0.4) is 0 Å². The van der Waals surface area contributed by atoms with Crippen LogP contribution in [-0.4, -0.2) is 26.5 Å². The van der Waals surface area contributed by atoms with E-state index in [1.165, 1.54) is 0 Å². The molecule has 0 aliphatic carbocycles. The Morgan fingerprint density at radius 1 is 1.35 bits per heavy atom. The summed E-state index contributed by atoms with van der Waals surface area (Å²) in [6.07, 6.45) is 6.11. The molecule has 0 spiro atoms. The van der Waals surface area contributed by atoms with Crippen molar-refractivity contribution < 1.29 is 4.74 Å². The van der Waals surface area contributed by atoms with Crippen molar-refractivity contribution in [3.63, 3.8) is 0 Å². The molecule has 6 heteroatoms. The van der Waals surface area contributed by atoms with E-state index in [1.807, 2.05) is 0 Å². The quantitative estimate of drug-likeness (QED) is 0.792. The number of anilines is 1. The van der Waals surface area contributed by atoms with E-state index >= 15 is 0 Å². The van der Waals surface area contributed by atoms with Gasteiger partial charge in [-0.1, -0.05) is 6.92 Å². The van der Waals surface area contributed by atoms with Crippen molar-refractivity contribution in [2.24, 2.45) is 0 Å². The Labute approximate surface area is 99.5 Å². The van der Waals surface area contributed by atoms with Crippen LogP contribution < -0.4 is 10.1 Å². The third-order valence-corrected chi connectivity index (χ3v) is 2.05. The molecule has 2 aromatic heterocycles. The second-order valence-corrected chi connectivity index (χ2v) is 3.46. The smallest absolute Gasteiger partial charge is 0.226 e. The minimum absolute atomic E-state index is 0.537. The van der Waals surface area contributed by atoms with E-state index in [0.717, 1.165) is 12.2 Å². The highest BCUT2D eigenvalue weighted by molar-refractivity contribution is 5.27. The van der Waals surface area contributed by atoms with E-state index in [0.29, 0.717) is 25.0 Å². The van der Waals surface area contributed by atoms with Crippen molar-refractivity contribution in [1.82, 2.24) is 19.9 Å². The zero-order valence-corrected chi connectivity index (χ0v) is 9.68. The van der Waals surface area contributed by atoms with Gasteiger partial charge in [0.15, 0.2) is 0 Å². The van der Waals surface area contributed by atoms with E-state index in [1.54, 1.807) is 24.7 Å². The summed E-state index contributed by atoms with van der Waals surface area (Å²) < 4.78 is 5.42. The van der Waals surface area contributed by atoms with Gasteiger partial charge >= 0.3 is 0 Å². The first-order chi connectivity index (χ1) is 8.38. The molecule has 0 saturated heterocycles. The van der Waals surface area contributed by atoms with Gasteiger partial charge in [0.2, 0.25) is 11.8 Å². The molecule has 0 unspecified atom stereocenters. The summed E-state index contributed by atoms with van der Waals surface area (Å²) >= 11 is 0. The molecular formula is C11H15N5O. The summed E-state index contributed by atoms with van der Waals surface area (Å²) in [6, 6.07) is 1.74. The van der Waals surface area contributed by atoms with Gasteiger partial charge in [0.05, 0.1) is 13.2 Å². The van der Waals surface area contributed by atoms with Crippen LogP contribution in [-0.2, 0) is 6.54 Å². The first-order valence-electron chi connectivity index (χ1n) is 5.56. The molecule has 2 heterocycles. The van der Waals surface area contributed by atoms with Crippen molar-refractivity contribution in [3.8, 4) is 5.88 Å². The average molecular weight is 233 g/mol. The fourth-order valence-electron chi connectivity index (χ4n) is 1.27. The lowest BCUT2D eigenvalue weighted by molar-refractivity contribution is 0.305. The summed E-state index contributed by atoms with van der Waals surface area (Å²) in [5.74, 6) is 1.97. The number of hydrogen-bond donors (Lipinski definition) is 2. The second kappa shape index (κ2) is 5.83. The standard InChI is InChI=1S/C11H15N5O/c1-2-7-17-10-3-4-14-11(16-10)15-8-9-12-5-6-13-9/h3-6H,2,7-8H2,1H3,(H,12,13)(H,14,15,16). The minimum Gasteiger partial charge on any atom is -0.478 e.